The fourth-order valence-electron chi connectivity index (χ4n) is 0.943. The molecular formula is C9H9N3O2. The second-order valence-electron chi connectivity index (χ2n) is 2.61. The molecule has 1 aromatic heterocycles. The third-order valence-electron chi connectivity index (χ3n) is 1.69. The molecule has 0 radical (unpaired) electrons. The molecule has 0 spiro atoms. The Morgan fingerprint density at radius 3 is 2.93 bits per heavy atom. The molecule has 0 saturated heterocycles. The number of ether oxygens (including phenoxy) is 1. The highest BCUT2D eigenvalue weighted by Gasteiger charge is 2.07. The summed E-state index contributed by atoms with van der Waals surface area (Å²) in [4.78, 5) is 14.7. The molecule has 1 heterocycles. The highest BCUT2D eigenvalue weighted by molar-refractivity contribution is 5.74. The van der Waals surface area contributed by atoms with Crippen LogP contribution in [0.25, 0.3) is 0 Å². The van der Waals surface area contributed by atoms with E-state index in [4.69, 9.17) is 11.0 Å². The molecular weight excluding hydrogens is 182 g/mol. The molecule has 0 aliphatic heterocycles. The monoisotopic (exact) mass is 191 g/mol. The minimum Gasteiger partial charge on any atom is -0.469 e. The number of nitrogen functional groups attached to an aromatic ring is 1. The summed E-state index contributed by atoms with van der Waals surface area (Å²) in [5.41, 5.74) is 6.33. The summed E-state index contributed by atoms with van der Waals surface area (Å²) in [6.07, 6.45) is 0.0705. The fraction of sp³-hybridized carbons (Fsp3) is 0.222. The van der Waals surface area contributed by atoms with Gasteiger partial charge in [-0.3, -0.25) is 4.79 Å². The third kappa shape index (κ3) is 2.20. The quantitative estimate of drug-likeness (QED) is 0.677. The van der Waals surface area contributed by atoms with Crippen molar-refractivity contribution < 1.29 is 9.53 Å². The zero-order valence-corrected chi connectivity index (χ0v) is 7.65. The van der Waals surface area contributed by atoms with Gasteiger partial charge in [0.05, 0.1) is 13.5 Å². The Bertz CT molecular complexity index is 396. The van der Waals surface area contributed by atoms with E-state index in [-0.39, 0.29) is 23.9 Å². The van der Waals surface area contributed by atoms with Crippen molar-refractivity contribution in [3.05, 3.63) is 23.4 Å². The molecule has 5 heteroatoms. The Morgan fingerprint density at radius 1 is 1.71 bits per heavy atom. The molecule has 0 atom stereocenters. The number of anilines is 1. The summed E-state index contributed by atoms with van der Waals surface area (Å²) in [5, 5.41) is 8.52. The molecule has 0 saturated carbocycles. The number of hydrogen-bond acceptors (Lipinski definition) is 5. The van der Waals surface area contributed by atoms with Gasteiger partial charge in [-0.25, -0.2) is 4.98 Å². The van der Waals surface area contributed by atoms with E-state index in [0.29, 0.717) is 5.56 Å². The van der Waals surface area contributed by atoms with E-state index in [2.05, 4.69) is 9.72 Å². The third-order valence-corrected chi connectivity index (χ3v) is 1.69. The van der Waals surface area contributed by atoms with Gasteiger partial charge in [-0.1, -0.05) is 6.07 Å². The molecule has 1 aromatic rings. The molecule has 0 aromatic carbocycles. The van der Waals surface area contributed by atoms with E-state index >= 15 is 0 Å². The minimum atomic E-state index is -0.386. The average Bonchev–Trinajstić information content (AvgIpc) is 2.20. The Balaban J connectivity index is 2.90. The van der Waals surface area contributed by atoms with Gasteiger partial charge in [0.15, 0.2) is 0 Å². The maximum Gasteiger partial charge on any atom is 0.310 e. The Kier molecular flexibility index (Phi) is 3.02. The van der Waals surface area contributed by atoms with Gasteiger partial charge in [0, 0.05) is 5.56 Å². The first-order chi connectivity index (χ1) is 6.67. The number of nitrogens with two attached hydrogens (primary N) is 1. The van der Waals surface area contributed by atoms with E-state index in [9.17, 15) is 4.79 Å². The normalized spacial score (nSPS) is 9.14. The maximum absolute atomic E-state index is 10.9. The predicted molar refractivity (Wildman–Crippen MR) is 49.1 cm³/mol. The van der Waals surface area contributed by atoms with Crippen molar-refractivity contribution in [2.75, 3.05) is 12.8 Å². The van der Waals surface area contributed by atoms with E-state index in [0.717, 1.165) is 0 Å². The number of aromatic nitrogens is 1. The Labute approximate surface area is 81.1 Å². The number of esters is 1. The molecule has 5 nitrogen and oxygen atoms in total. The summed E-state index contributed by atoms with van der Waals surface area (Å²) in [7, 11) is 1.30. The summed E-state index contributed by atoms with van der Waals surface area (Å²) < 4.78 is 4.48. The van der Waals surface area contributed by atoms with Crippen LogP contribution >= 0.6 is 0 Å². The van der Waals surface area contributed by atoms with Gasteiger partial charge in [0.25, 0.3) is 0 Å². The lowest BCUT2D eigenvalue weighted by Crippen LogP contribution is -2.08. The van der Waals surface area contributed by atoms with Gasteiger partial charge in [-0.05, 0) is 6.07 Å². The molecule has 14 heavy (non-hydrogen) atoms. The molecule has 0 aliphatic rings. The maximum atomic E-state index is 10.9. The SMILES string of the molecule is COC(=O)Cc1ccc(C#N)nc1N. The number of rotatable bonds is 2. The number of methoxy groups -OCH3 is 1. The summed E-state index contributed by atoms with van der Waals surface area (Å²) in [5.74, 6) is -0.197. The predicted octanol–water partition coefficient (Wildman–Crippen LogP) is 0.251. The van der Waals surface area contributed by atoms with Crippen molar-refractivity contribution in [3.8, 4) is 6.07 Å². The Morgan fingerprint density at radius 2 is 2.43 bits per heavy atom. The molecule has 1 rings (SSSR count). The number of carbonyl (C=O) groups is 1. The van der Waals surface area contributed by atoms with E-state index in [1.54, 1.807) is 6.07 Å². The van der Waals surface area contributed by atoms with E-state index in [1.165, 1.54) is 13.2 Å². The summed E-state index contributed by atoms with van der Waals surface area (Å²) in [6.45, 7) is 0. The number of nitrogens with zero attached hydrogens (tertiary/aromatic N) is 2. The summed E-state index contributed by atoms with van der Waals surface area (Å²) >= 11 is 0. The van der Waals surface area contributed by atoms with Gasteiger partial charge in [-0.15, -0.1) is 0 Å². The van der Waals surface area contributed by atoms with Crippen LogP contribution in [0.3, 0.4) is 0 Å². The van der Waals surface area contributed by atoms with Crippen LogP contribution in [-0.4, -0.2) is 18.1 Å². The second kappa shape index (κ2) is 4.23. The van der Waals surface area contributed by atoms with Gasteiger partial charge in [0.1, 0.15) is 17.6 Å². The number of hydrogen-bond donors (Lipinski definition) is 1. The molecule has 0 bridgehead atoms. The number of pyridine rings is 1. The van der Waals surface area contributed by atoms with Crippen LogP contribution in [0.5, 0.6) is 0 Å². The van der Waals surface area contributed by atoms with Gasteiger partial charge in [-0.2, -0.15) is 5.26 Å². The molecule has 0 fully saturated rings. The van der Waals surface area contributed by atoms with Crippen molar-refractivity contribution in [3.63, 3.8) is 0 Å². The molecule has 72 valence electrons. The Hall–Kier alpha value is -2.09. The van der Waals surface area contributed by atoms with E-state index < -0.39 is 0 Å². The van der Waals surface area contributed by atoms with Crippen LogP contribution in [0.4, 0.5) is 5.82 Å². The highest BCUT2D eigenvalue weighted by atomic mass is 16.5. The van der Waals surface area contributed by atoms with Crippen molar-refractivity contribution in [2.24, 2.45) is 0 Å². The molecule has 2 N–H and O–H groups in total. The van der Waals surface area contributed by atoms with Crippen LogP contribution in [0.1, 0.15) is 11.3 Å². The lowest BCUT2D eigenvalue weighted by molar-refractivity contribution is -0.139. The first kappa shape index (κ1) is 9.99. The number of nitriles is 1. The zero-order valence-electron chi connectivity index (χ0n) is 7.65. The molecule has 0 unspecified atom stereocenters. The molecule has 0 aliphatic carbocycles. The van der Waals surface area contributed by atoms with Crippen LogP contribution in [0.2, 0.25) is 0 Å². The summed E-state index contributed by atoms with van der Waals surface area (Å²) in [6, 6.07) is 4.96. The lowest BCUT2D eigenvalue weighted by atomic mass is 10.2. The van der Waals surface area contributed by atoms with Gasteiger partial charge in [0.2, 0.25) is 0 Å². The zero-order chi connectivity index (χ0) is 10.6. The van der Waals surface area contributed by atoms with Crippen molar-refractivity contribution >= 4 is 11.8 Å². The van der Waals surface area contributed by atoms with Crippen LogP contribution in [0.15, 0.2) is 12.1 Å². The van der Waals surface area contributed by atoms with Gasteiger partial charge >= 0.3 is 5.97 Å². The van der Waals surface area contributed by atoms with Crippen LogP contribution < -0.4 is 5.73 Å². The van der Waals surface area contributed by atoms with Crippen LogP contribution in [0, 0.1) is 11.3 Å². The van der Waals surface area contributed by atoms with Gasteiger partial charge < -0.3 is 10.5 Å². The smallest absolute Gasteiger partial charge is 0.310 e. The highest BCUT2D eigenvalue weighted by Crippen LogP contribution is 2.10. The lowest BCUT2D eigenvalue weighted by Gasteiger charge is -2.02. The van der Waals surface area contributed by atoms with Crippen molar-refractivity contribution in [2.45, 2.75) is 6.42 Å². The molecule has 0 amide bonds. The first-order valence-electron chi connectivity index (χ1n) is 3.89. The van der Waals surface area contributed by atoms with Crippen molar-refractivity contribution in [1.29, 1.82) is 5.26 Å². The standard InChI is InChI=1S/C9H9N3O2/c1-14-8(13)4-6-2-3-7(5-10)12-9(6)11/h2-3H,4H2,1H3,(H2,11,12). The topological polar surface area (TPSA) is 89.0 Å². The average molecular weight is 191 g/mol. The number of carbonyl (C=O) groups excluding carboxylic acids is 1. The van der Waals surface area contributed by atoms with Crippen LogP contribution in [-0.2, 0) is 16.0 Å². The largest absolute Gasteiger partial charge is 0.469 e. The second-order valence-corrected chi connectivity index (χ2v) is 2.61. The van der Waals surface area contributed by atoms with E-state index in [1.807, 2.05) is 6.07 Å². The first-order valence-corrected chi connectivity index (χ1v) is 3.89. The minimum absolute atomic E-state index is 0.0705. The fourth-order valence-corrected chi connectivity index (χ4v) is 0.943. The van der Waals surface area contributed by atoms with Crippen molar-refractivity contribution in [1.82, 2.24) is 4.98 Å².